The summed E-state index contributed by atoms with van der Waals surface area (Å²) in [6.45, 7) is 1.59. The zero-order chi connectivity index (χ0) is 23.5. The molecule has 1 saturated heterocycles. The van der Waals surface area contributed by atoms with Crippen LogP contribution in [0.2, 0.25) is 0 Å². The minimum atomic E-state index is -0.935. The summed E-state index contributed by atoms with van der Waals surface area (Å²) in [7, 11) is 0. The first-order chi connectivity index (χ1) is 16.6. The molecule has 3 N–H and O–H groups in total. The Hall–Kier alpha value is -4.14. The van der Waals surface area contributed by atoms with Gasteiger partial charge in [-0.25, -0.2) is 0 Å². The lowest BCUT2D eigenvalue weighted by Crippen LogP contribution is -2.38. The van der Waals surface area contributed by atoms with Crippen LogP contribution >= 0.6 is 0 Å². The second kappa shape index (κ2) is 9.38. The van der Waals surface area contributed by atoms with Crippen molar-refractivity contribution in [3.05, 3.63) is 70.5 Å². The molecule has 1 aromatic heterocycles. The third kappa shape index (κ3) is 4.63. The number of amides is 2. The fourth-order valence-electron chi connectivity index (χ4n) is 4.30. The van der Waals surface area contributed by atoms with Crippen molar-refractivity contribution in [3.8, 4) is 11.5 Å². The number of benzene rings is 2. The summed E-state index contributed by atoms with van der Waals surface area (Å²) >= 11 is 0. The van der Waals surface area contributed by atoms with Crippen molar-refractivity contribution < 1.29 is 14.3 Å². The van der Waals surface area contributed by atoms with E-state index in [2.05, 4.69) is 20.6 Å². The highest BCUT2D eigenvalue weighted by Crippen LogP contribution is 2.31. The number of ether oxygens (including phenoxy) is 1. The molecule has 2 aromatic carbocycles. The predicted octanol–water partition coefficient (Wildman–Crippen LogP) is 3.62. The number of carbonyl (C=O) groups is 2. The topological polar surface area (TPSA) is 116 Å². The van der Waals surface area contributed by atoms with Crippen molar-refractivity contribution in [2.75, 3.05) is 28.6 Å². The van der Waals surface area contributed by atoms with Gasteiger partial charge in [0.1, 0.15) is 17.3 Å². The summed E-state index contributed by atoms with van der Waals surface area (Å²) in [4.78, 5) is 47.7. The highest BCUT2D eigenvalue weighted by atomic mass is 16.5. The lowest BCUT2D eigenvalue weighted by Gasteiger charge is -2.29. The number of aromatic nitrogens is 2. The fourth-order valence-corrected chi connectivity index (χ4v) is 4.30. The summed E-state index contributed by atoms with van der Waals surface area (Å²) < 4.78 is 5.77. The van der Waals surface area contributed by atoms with E-state index in [1.807, 2.05) is 35.2 Å². The maximum absolute atomic E-state index is 13.1. The van der Waals surface area contributed by atoms with Gasteiger partial charge >= 0.3 is 0 Å². The van der Waals surface area contributed by atoms with Gasteiger partial charge in [0, 0.05) is 25.2 Å². The van der Waals surface area contributed by atoms with Gasteiger partial charge in [-0.15, -0.1) is 0 Å². The Bertz CT molecular complexity index is 1250. The van der Waals surface area contributed by atoms with E-state index in [9.17, 15) is 14.4 Å². The maximum atomic E-state index is 13.1. The van der Waals surface area contributed by atoms with Crippen LogP contribution in [0.3, 0.4) is 0 Å². The van der Waals surface area contributed by atoms with Crippen molar-refractivity contribution in [2.45, 2.75) is 31.6 Å². The van der Waals surface area contributed by atoms with Crippen molar-refractivity contribution in [2.24, 2.45) is 0 Å². The Morgan fingerprint density at radius 2 is 1.68 bits per heavy atom. The van der Waals surface area contributed by atoms with E-state index in [0.29, 0.717) is 23.1 Å². The summed E-state index contributed by atoms with van der Waals surface area (Å²) in [6.07, 6.45) is 3.06. The van der Waals surface area contributed by atoms with Crippen molar-refractivity contribution >= 4 is 29.3 Å². The molecule has 5 rings (SSSR count). The van der Waals surface area contributed by atoms with E-state index in [-0.39, 0.29) is 23.7 Å². The number of anilines is 3. The van der Waals surface area contributed by atoms with Crippen molar-refractivity contribution in [1.29, 1.82) is 0 Å². The number of hydrogen-bond acceptors (Lipinski definition) is 6. The number of rotatable bonds is 5. The Labute approximate surface area is 196 Å². The average molecular weight is 460 g/mol. The second-order valence-electron chi connectivity index (χ2n) is 8.43. The molecule has 0 spiro atoms. The van der Waals surface area contributed by atoms with Crippen LogP contribution in [0.1, 0.15) is 37.2 Å². The summed E-state index contributed by atoms with van der Waals surface area (Å²) in [5, 5.41) is 5.47. The maximum Gasteiger partial charge on any atom is 0.258 e. The van der Waals surface area contributed by atoms with Crippen LogP contribution in [-0.4, -0.2) is 34.9 Å². The smallest absolute Gasteiger partial charge is 0.258 e. The lowest BCUT2D eigenvalue weighted by molar-refractivity contribution is -0.123. The molecule has 34 heavy (non-hydrogen) atoms. The van der Waals surface area contributed by atoms with E-state index >= 15 is 0 Å². The number of H-pyrrole nitrogens is 1. The van der Waals surface area contributed by atoms with Gasteiger partial charge in [0.25, 0.3) is 5.56 Å². The Kier molecular flexibility index (Phi) is 5.99. The van der Waals surface area contributed by atoms with E-state index in [1.165, 1.54) is 0 Å². The van der Waals surface area contributed by atoms with Gasteiger partial charge in [-0.1, -0.05) is 18.2 Å². The molecule has 174 valence electrons. The zero-order valence-electron chi connectivity index (χ0n) is 18.5. The highest BCUT2D eigenvalue weighted by molar-refractivity contribution is 6.04. The SMILES string of the molecule is O=C1C[C@H](C(=O)Nc2ccc(Oc3ccccc3)cc2)c2c(nc(N3CCCCC3)[nH]c2=O)N1. The van der Waals surface area contributed by atoms with Crippen LogP contribution in [0.4, 0.5) is 17.5 Å². The number of carbonyl (C=O) groups excluding carboxylic acids is 2. The van der Waals surface area contributed by atoms with Gasteiger partial charge in [-0.2, -0.15) is 4.98 Å². The van der Waals surface area contributed by atoms with Crippen LogP contribution < -0.4 is 25.8 Å². The summed E-state index contributed by atoms with van der Waals surface area (Å²) in [5.74, 6) is 0.201. The molecule has 9 heteroatoms. The van der Waals surface area contributed by atoms with Crippen molar-refractivity contribution in [3.63, 3.8) is 0 Å². The summed E-state index contributed by atoms with van der Waals surface area (Å²) in [5.41, 5.74) is 0.312. The first-order valence-electron chi connectivity index (χ1n) is 11.4. The minimum absolute atomic E-state index is 0.123. The molecule has 2 amide bonds. The molecule has 9 nitrogen and oxygen atoms in total. The van der Waals surface area contributed by atoms with Gasteiger partial charge < -0.3 is 20.3 Å². The fraction of sp³-hybridized carbons (Fsp3) is 0.280. The molecular formula is C25H25N5O4. The molecule has 2 aliphatic rings. The molecule has 3 aromatic rings. The highest BCUT2D eigenvalue weighted by Gasteiger charge is 2.35. The molecule has 0 unspecified atom stereocenters. The number of piperidine rings is 1. The lowest BCUT2D eigenvalue weighted by atomic mass is 9.92. The van der Waals surface area contributed by atoms with E-state index in [4.69, 9.17) is 4.74 Å². The zero-order valence-corrected chi connectivity index (χ0v) is 18.5. The van der Waals surface area contributed by atoms with Gasteiger partial charge in [0.05, 0.1) is 11.5 Å². The third-order valence-electron chi connectivity index (χ3n) is 6.01. The number of para-hydroxylation sites is 1. The molecule has 3 heterocycles. The molecule has 0 radical (unpaired) electrons. The number of nitrogens with zero attached hydrogens (tertiary/aromatic N) is 2. The van der Waals surface area contributed by atoms with Gasteiger partial charge in [0.15, 0.2) is 0 Å². The second-order valence-corrected chi connectivity index (χ2v) is 8.43. The van der Waals surface area contributed by atoms with Gasteiger partial charge in [-0.3, -0.25) is 19.4 Å². The van der Waals surface area contributed by atoms with Crippen molar-refractivity contribution in [1.82, 2.24) is 9.97 Å². The summed E-state index contributed by atoms with van der Waals surface area (Å²) in [6, 6.07) is 16.3. The number of aromatic amines is 1. The van der Waals surface area contributed by atoms with Crippen LogP contribution in [0.15, 0.2) is 59.4 Å². The Morgan fingerprint density at radius 1 is 0.971 bits per heavy atom. The molecule has 1 fully saturated rings. The molecule has 0 saturated carbocycles. The van der Waals surface area contributed by atoms with Gasteiger partial charge in [0.2, 0.25) is 17.8 Å². The molecule has 0 bridgehead atoms. The van der Waals surface area contributed by atoms with E-state index < -0.39 is 17.4 Å². The number of hydrogen-bond donors (Lipinski definition) is 3. The standard InChI is InChI=1S/C25H25N5O4/c31-20-15-19(21-22(27-20)28-25(29-24(21)33)30-13-5-2-6-14-30)23(32)26-16-9-11-18(12-10-16)34-17-7-3-1-4-8-17/h1,3-4,7-12,19H,2,5-6,13-15H2,(H,26,32)(H2,27,28,29,31,33)/t19-/m0/s1. The normalized spacial score (nSPS) is 17.5. The van der Waals surface area contributed by atoms with E-state index in [0.717, 1.165) is 32.4 Å². The average Bonchev–Trinajstić information content (AvgIpc) is 2.85. The van der Waals surface area contributed by atoms with Gasteiger partial charge in [-0.05, 0) is 55.7 Å². The third-order valence-corrected chi connectivity index (χ3v) is 6.01. The van der Waals surface area contributed by atoms with Crippen LogP contribution in [0, 0.1) is 0 Å². The van der Waals surface area contributed by atoms with Crippen LogP contribution in [0.5, 0.6) is 11.5 Å². The largest absolute Gasteiger partial charge is 0.457 e. The molecular weight excluding hydrogens is 434 g/mol. The van der Waals surface area contributed by atoms with Crippen LogP contribution in [0.25, 0.3) is 0 Å². The monoisotopic (exact) mass is 459 g/mol. The Balaban J connectivity index is 1.33. The Morgan fingerprint density at radius 3 is 2.41 bits per heavy atom. The van der Waals surface area contributed by atoms with E-state index in [1.54, 1.807) is 24.3 Å². The minimum Gasteiger partial charge on any atom is -0.457 e. The molecule has 0 aliphatic carbocycles. The number of nitrogens with one attached hydrogen (secondary N) is 3. The first-order valence-corrected chi connectivity index (χ1v) is 11.4. The molecule has 1 atom stereocenters. The quantitative estimate of drug-likeness (QED) is 0.537. The molecule has 2 aliphatic heterocycles. The predicted molar refractivity (Wildman–Crippen MR) is 128 cm³/mol. The number of fused-ring (bicyclic) bond motifs is 1. The first kappa shape index (κ1) is 21.7. The van der Waals surface area contributed by atoms with Crippen LogP contribution in [-0.2, 0) is 9.59 Å².